The van der Waals surface area contributed by atoms with E-state index in [9.17, 15) is 4.79 Å². The van der Waals surface area contributed by atoms with Gasteiger partial charge >= 0.3 is 6.09 Å². The molecule has 0 spiro atoms. The number of morpholine rings is 1. The fourth-order valence-corrected chi connectivity index (χ4v) is 3.80. The monoisotopic (exact) mass is 449 g/mol. The van der Waals surface area contributed by atoms with Gasteiger partial charge in [0, 0.05) is 52.4 Å². The van der Waals surface area contributed by atoms with E-state index in [1.54, 1.807) is 4.90 Å². The van der Waals surface area contributed by atoms with Crippen LogP contribution in [0.25, 0.3) is 0 Å². The van der Waals surface area contributed by atoms with Gasteiger partial charge in [-0.05, 0) is 33.6 Å². The summed E-state index contributed by atoms with van der Waals surface area (Å²) >= 11 is 0. The summed E-state index contributed by atoms with van der Waals surface area (Å²) in [4.78, 5) is 35.3. The molecule has 0 atom stereocenters. The van der Waals surface area contributed by atoms with Crippen LogP contribution in [0, 0.1) is 0 Å². The van der Waals surface area contributed by atoms with E-state index in [2.05, 4.69) is 28.5 Å². The second-order valence-corrected chi connectivity index (χ2v) is 9.28. The summed E-state index contributed by atoms with van der Waals surface area (Å²) in [6.07, 6.45) is 1.80. The molecule has 32 heavy (non-hydrogen) atoms. The van der Waals surface area contributed by atoms with Crippen LogP contribution >= 0.6 is 0 Å². The highest BCUT2D eigenvalue weighted by molar-refractivity contribution is 5.68. The number of rotatable bonds is 7. The first-order valence-electron chi connectivity index (χ1n) is 11.9. The van der Waals surface area contributed by atoms with E-state index >= 15 is 0 Å². The predicted octanol–water partition coefficient (Wildman–Crippen LogP) is 2.39. The molecule has 1 aromatic heterocycles. The zero-order chi connectivity index (χ0) is 23.1. The molecule has 0 N–H and O–H groups in total. The standard InChI is InChI=1S/C22H39N7O3/c1-6-8-26(9-7-2)18-23-19(25-20(24-18)28-14-16-31-17-15-28)27-10-12-29(13-11-27)21(30)32-22(3,4)5/h6-17H2,1-5H3. The lowest BCUT2D eigenvalue weighted by atomic mass is 10.2. The first kappa shape index (κ1) is 24.3. The quantitative estimate of drug-likeness (QED) is 0.622. The van der Waals surface area contributed by atoms with Crippen molar-refractivity contribution in [3.8, 4) is 0 Å². The molecule has 1 amide bonds. The number of amides is 1. The molecule has 0 radical (unpaired) electrons. The van der Waals surface area contributed by atoms with Crippen molar-refractivity contribution < 1.29 is 14.3 Å². The molecule has 0 saturated carbocycles. The Bertz CT molecular complexity index is 736. The van der Waals surface area contributed by atoms with Gasteiger partial charge in [-0.15, -0.1) is 0 Å². The molecule has 0 aromatic carbocycles. The smallest absolute Gasteiger partial charge is 0.410 e. The van der Waals surface area contributed by atoms with Crippen LogP contribution in [0.3, 0.4) is 0 Å². The van der Waals surface area contributed by atoms with Crippen LogP contribution < -0.4 is 14.7 Å². The molecule has 10 nitrogen and oxygen atoms in total. The van der Waals surface area contributed by atoms with Gasteiger partial charge in [-0.1, -0.05) is 13.8 Å². The number of hydrogen-bond acceptors (Lipinski definition) is 9. The van der Waals surface area contributed by atoms with Crippen molar-refractivity contribution >= 4 is 23.9 Å². The van der Waals surface area contributed by atoms with Crippen LogP contribution in [-0.4, -0.2) is 97.1 Å². The van der Waals surface area contributed by atoms with Gasteiger partial charge < -0.3 is 29.1 Å². The highest BCUT2D eigenvalue weighted by Crippen LogP contribution is 2.22. The molecule has 1 aromatic rings. The van der Waals surface area contributed by atoms with E-state index in [1.807, 2.05) is 20.8 Å². The van der Waals surface area contributed by atoms with Crippen molar-refractivity contribution in [3.63, 3.8) is 0 Å². The number of nitrogens with zero attached hydrogens (tertiary/aromatic N) is 7. The maximum absolute atomic E-state index is 12.4. The molecule has 0 aliphatic carbocycles. The average Bonchev–Trinajstić information content (AvgIpc) is 2.78. The number of hydrogen-bond donors (Lipinski definition) is 0. The van der Waals surface area contributed by atoms with Gasteiger partial charge in [0.05, 0.1) is 13.2 Å². The number of anilines is 3. The van der Waals surface area contributed by atoms with E-state index in [-0.39, 0.29) is 6.09 Å². The topological polar surface area (TPSA) is 87.2 Å². The minimum absolute atomic E-state index is 0.264. The molecular weight excluding hydrogens is 410 g/mol. The Hall–Kier alpha value is -2.36. The number of carbonyl (C=O) groups is 1. The third-order valence-corrected chi connectivity index (χ3v) is 5.38. The van der Waals surface area contributed by atoms with Crippen molar-refractivity contribution in [2.75, 3.05) is 80.3 Å². The SMILES string of the molecule is CCCN(CCC)c1nc(N2CCOCC2)nc(N2CCN(C(=O)OC(C)(C)C)CC2)n1. The second-order valence-electron chi connectivity index (χ2n) is 9.28. The Morgan fingerprint density at radius 2 is 1.44 bits per heavy atom. The fraction of sp³-hybridized carbons (Fsp3) is 0.818. The van der Waals surface area contributed by atoms with Crippen LogP contribution in [0.1, 0.15) is 47.5 Å². The molecule has 3 heterocycles. The fourth-order valence-electron chi connectivity index (χ4n) is 3.80. The normalized spacial score (nSPS) is 17.5. The maximum Gasteiger partial charge on any atom is 0.410 e. The zero-order valence-corrected chi connectivity index (χ0v) is 20.3. The number of piperazine rings is 1. The van der Waals surface area contributed by atoms with Gasteiger partial charge in [-0.25, -0.2) is 4.79 Å². The van der Waals surface area contributed by atoms with Gasteiger partial charge in [-0.3, -0.25) is 0 Å². The van der Waals surface area contributed by atoms with E-state index in [1.165, 1.54) is 0 Å². The largest absolute Gasteiger partial charge is 0.444 e. The Labute approximate surface area is 191 Å². The first-order valence-corrected chi connectivity index (χ1v) is 11.9. The molecule has 10 heteroatoms. The van der Waals surface area contributed by atoms with E-state index in [0.29, 0.717) is 51.3 Å². The number of aromatic nitrogens is 3. The summed E-state index contributed by atoms with van der Waals surface area (Å²) < 4.78 is 11.0. The minimum atomic E-state index is -0.494. The van der Waals surface area contributed by atoms with E-state index in [4.69, 9.17) is 24.4 Å². The summed E-state index contributed by atoms with van der Waals surface area (Å²) in [6.45, 7) is 17.2. The van der Waals surface area contributed by atoms with Crippen LogP contribution in [0.4, 0.5) is 22.6 Å². The van der Waals surface area contributed by atoms with Crippen LogP contribution in [-0.2, 0) is 9.47 Å². The highest BCUT2D eigenvalue weighted by Gasteiger charge is 2.28. The first-order chi connectivity index (χ1) is 15.3. The Morgan fingerprint density at radius 1 is 0.906 bits per heavy atom. The lowest BCUT2D eigenvalue weighted by Gasteiger charge is -2.36. The third kappa shape index (κ3) is 6.57. The van der Waals surface area contributed by atoms with Crippen LogP contribution in [0.5, 0.6) is 0 Å². The molecule has 2 aliphatic heterocycles. The molecular formula is C22H39N7O3. The Kier molecular flexibility index (Phi) is 8.33. The van der Waals surface area contributed by atoms with Crippen molar-refractivity contribution in [2.45, 2.75) is 53.1 Å². The zero-order valence-electron chi connectivity index (χ0n) is 20.3. The lowest BCUT2D eigenvalue weighted by Crippen LogP contribution is -2.50. The van der Waals surface area contributed by atoms with Crippen LogP contribution in [0.2, 0.25) is 0 Å². The summed E-state index contributed by atoms with van der Waals surface area (Å²) in [6, 6.07) is 0. The van der Waals surface area contributed by atoms with E-state index in [0.717, 1.165) is 45.0 Å². The van der Waals surface area contributed by atoms with Crippen molar-refractivity contribution in [2.24, 2.45) is 0 Å². The summed E-state index contributed by atoms with van der Waals surface area (Å²) in [7, 11) is 0. The van der Waals surface area contributed by atoms with Gasteiger partial charge in [-0.2, -0.15) is 15.0 Å². The molecule has 2 saturated heterocycles. The van der Waals surface area contributed by atoms with E-state index < -0.39 is 5.60 Å². The summed E-state index contributed by atoms with van der Waals surface area (Å²) in [5.41, 5.74) is -0.494. The van der Waals surface area contributed by atoms with Gasteiger partial charge in [0.1, 0.15) is 5.60 Å². The third-order valence-electron chi connectivity index (χ3n) is 5.38. The lowest BCUT2D eigenvalue weighted by molar-refractivity contribution is 0.0240. The molecule has 0 bridgehead atoms. The second kappa shape index (κ2) is 11.0. The summed E-state index contributed by atoms with van der Waals surface area (Å²) in [5, 5.41) is 0. The van der Waals surface area contributed by atoms with Gasteiger partial charge in [0.25, 0.3) is 0 Å². The molecule has 0 unspecified atom stereocenters. The molecule has 3 rings (SSSR count). The number of ether oxygens (including phenoxy) is 2. The van der Waals surface area contributed by atoms with Crippen LogP contribution in [0.15, 0.2) is 0 Å². The molecule has 2 aliphatic rings. The van der Waals surface area contributed by atoms with Crippen molar-refractivity contribution in [1.29, 1.82) is 0 Å². The Balaban J connectivity index is 1.79. The van der Waals surface area contributed by atoms with Crippen molar-refractivity contribution in [3.05, 3.63) is 0 Å². The average molecular weight is 450 g/mol. The van der Waals surface area contributed by atoms with Crippen molar-refractivity contribution in [1.82, 2.24) is 19.9 Å². The summed E-state index contributed by atoms with van der Waals surface area (Å²) in [5.74, 6) is 2.12. The predicted molar refractivity (Wildman–Crippen MR) is 126 cm³/mol. The maximum atomic E-state index is 12.4. The number of carbonyl (C=O) groups excluding carboxylic acids is 1. The molecule has 2 fully saturated rings. The Morgan fingerprint density at radius 3 is 1.94 bits per heavy atom. The van der Waals surface area contributed by atoms with Gasteiger partial charge in [0.2, 0.25) is 17.8 Å². The minimum Gasteiger partial charge on any atom is -0.444 e. The highest BCUT2D eigenvalue weighted by atomic mass is 16.6. The van der Waals surface area contributed by atoms with Gasteiger partial charge in [0.15, 0.2) is 0 Å². The molecule has 180 valence electrons.